The molecule has 7 rings (SSSR count). The summed E-state index contributed by atoms with van der Waals surface area (Å²) in [5.41, 5.74) is 6.34. The summed E-state index contributed by atoms with van der Waals surface area (Å²) in [4.78, 5) is 0. The average molecular weight is 501 g/mol. The molecule has 38 heavy (non-hydrogen) atoms. The Labute approximate surface area is 222 Å². The molecule has 0 radical (unpaired) electrons. The number of aromatic nitrogens is 1. The van der Waals surface area contributed by atoms with E-state index in [0.29, 0.717) is 16.7 Å². The lowest BCUT2D eigenvalue weighted by Crippen LogP contribution is -1.96. The van der Waals surface area contributed by atoms with Gasteiger partial charge in [-0.25, -0.2) is 0 Å². The second-order valence-electron chi connectivity index (χ2n) is 9.21. The topological polar surface area (TPSA) is 76.3 Å². The second kappa shape index (κ2) is 8.32. The van der Waals surface area contributed by atoms with Crippen molar-refractivity contribution in [3.05, 3.63) is 114 Å². The van der Waals surface area contributed by atoms with Crippen molar-refractivity contribution < 1.29 is 0 Å². The SMILES string of the molecule is N#Cc1cc(-c2ccc3sc4ccccc4c3c2)cc(-n2c3ccc(C#N)cc3c3cc(C#N)ccc32)c1. The zero-order valence-corrected chi connectivity index (χ0v) is 20.8. The van der Waals surface area contributed by atoms with E-state index in [9.17, 15) is 15.8 Å². The predicted molar refractivity (Wildman–Crippen MR) is 153 cm³/mol. The monoisotopic (exact) mass is 500 g/mol. The number of benzene rings is 5. The number of nitriles is 3. The molecule has 4 nitrogen and oxygen atoms in total. The van der Waals surface area contributed by atoms with Gasteiger partial charge in [0.05, 0.1) is 45.9 Å². The van der Waals surface area contributed by atoms with E-state index in [0.717, 1.165) is 38.6 Å². The first-order chi connectivity index (χ1) is 18.7. The van der Waals surface area contributed by atoms with Crippen LogP contribution in [0.1, 0.15) is 16.7 Å². The van der Waals surface area contributed by atoms with Crippen LogP contribution in [0.3, 0.4) is 0 Å². The molecule has 0 atom stereocenters. The Bertz CT molecular complexity index is 2160. The first-order valence-corrected chi connectivity index (χ1v) is 12.8. The van der Waals surface area contributed by atoms with Crippen molar-refractivity contribution in [2.24, 2.45) is 0 Å². The molecule has 0 saturated carbocycles. The Hall–Kier alpha value is -5.41. The van der Waals surface area contributed by atoms with Crippen LogP contribution in [0.15, 0.2) is 97.1 Å². The Balaban J connectivity index is 1.51. The van der Waals surface area contributed by atoms with Crippen LogP contribution in [-0.4, -0.2) is 4.57 Å². The third-order valence-corrected chi connectivity index (χ3v) is 8.19. The maximum Gasteiger partial charge on any atom is 0.0992 e. The molecule has 0 aliphatic heterocycles. The minimum atomic E-state index is 0.557. The van der Waals surface area contributed by atoms with Gasteiger partial charge in [0.15, 0.2) is 0 Å². The highest BCUT2D eigenvalue weighted by Gasteiger charge is 2.16. The molecular weight excluding hydrogens is 484 g/mol. The van der Waals surface area contributed by atoms with Crippen LogP contribution in [0.5, 0.6) is 0 Å². The third kappa shape index (κ3) is 3.26. The number of hydrogen-bond donors (Lipinski definition) is 0. The molecule has 0 saturated heterocycles. The zero-order valence-electron chi connectivity index (χ0n) is 19.9. The quantitative estimate of drug-likeness (QED) is 0.239. The smallest absolute Gasteiger partial charge is 0.0992 e. The average Bonchev–Trinajstić information content (AvgIpc) is 3.51. The fourth-order valence-electron chi connectivity index (χ4n) is 5.32. The van der Waals surface area contributed by atoms with Gasteiger partial charge < -0.3 is 4.57 Å². The molecular formula is C33H16N4S. The van der Waals surface area contributed by atoms with Gasteiger partial charge in [-0.2, -0.15) is 15.8 Å². The summed E-state index contributed by atoms with van der Waals surface area (Å²) in [5.74, 6) is 0. The lowest BCUT2D eigenvalue weighted by molar-refractivity contribution is 1.18. The molecule has 174 valence electrons. The lowest BCUT2D eigenvalue weighted by Gasteiger charge is -2.12. The molecule has 0 N–H and O–H groups in total. The molecule has 2 heterocycles. The normalized spacial score (nSPS) is 11.1. The number of rotatable bonds is 2. The summed E-state index contributed by atoms with van der Waals surface area (Å²) in [7, 11) is 0. The Morgan fingerprint density at radius 1 is 0.500 bits per heavy atom. The van der Waals surface area contributed by atoms with Crippen molar-refractivity contribution in [2.75, 3.05) is 0 Å². The van der Waals surface area contributed by atoms with Crippen LogP contribution in [0.25, 0.3) is 58.8 Å². The van der Waals surface area contributed by atoms with Crippen molar-refractivity contribution >= 4 is 53.3 Å². The first kappa shape index (κ1) is 21.8. The van der Waals surface area contributed by atoms with Gasteiger partial charge in [0.1, 0.15) is 0 Å². The van der Waals surface area contributed by atoms with Crippen LogP contribution in [0.2, 0.25) is 0 Å². The standard InChI is InChI=1S/C33H16N4S/c34-17-20-5-8-30-27(13-20)28-14-21(18-35)6-9-31(28)37(30)25-12-22(19-36)11-24(15-25)23-7-10-33-29(16-23)26-3-1-2-4-32(26)38-33/h1-16H. The Kier molecular flexibility index (Phi) is 4.78. The first-order valence-electron chi connectivity index (χ1n) is 12.0. The highest BCUT2D eigenvalue weighted by Crippen LogP contribution is 2.38. The van der Waals surface area contributed by atoms with Crippen molar-refractivity contribution in [2.45, 2.75) is 0 Å². The largest absolute Gasteiger partial charge is 0.309 e. The maximum absolute atomic E-state index is 9.94. The fraction of sp³-hybridized carbons (Fsp3) is 0. The van der Waals surface area contributed by atoms with Crippen LogP contribution in [0, 0.1) is 34.0 Å². The van der Waals surface area contributed by atoms with Crippen LogP contribution < -0.4 is 0 Å². The molecule has 0 bridgehead atoms. The van der Waals surface area contributed by atoms with E-state index in [1.165, 1.54) is 20.2 Å². The fourth-order valence-corrected chi connectivity index (χ4v) is 6.40. The van der Waals surface area contributed by atoms with Gasteiger partial charge in [0.25, 0.3) is 0 Å². The van der Waals surface area contributed by atoms with Gasteiger partial charge in [-0.3, -0.25) is 0 Å². The summed E-state index contributed by atoms with van der Waals surface area (Å²) in [6, 6.07) is 38.8. The van der Waals surface area contributed by atoms with E-state index < -0.39 is 0 Å². The lowest BCUT2D eigenvalue weighted by atomic mass is 10.00. The van der Waals surface area contributed by atoms with E-state index in [1.54, 1.807) is 23.5 Å². The molecule has 5 aromatic carbocycles. The predicted octanol–water partition coefficient (Wildman–Crippen LogP) is 8.43. The highest BCUT2D eigenvalue weighted by molar-refractivity contribution is 7.25. The second-order valence-corrected chi connectivity index (χ2v) is 10.3. The Morgan fingerprint density at radius 3 is 1.84 bits per heavy atom. The number of hydrogen-bond acceptors (Lipinski definition) is 4. The van der Waals surface area contributed by atoms with Crippen molar-refractivity contribution in [3.8, 4) is 35.0 Å². The number of fused-ring (bicyclic) bond motifs is 6. The minimum Gasteiger partial charge on any atom is -0.309 e. The molecule has 2 aromatic heterocycles. The molecule has 7 aromatic rings. The van der Waals surface area contributed by atoms with Gasteiger partial charge in [-0.1, -0.05) is 24.3 Å². The van der Waals surface area contributed by atoms with E-state index >= 15 is 0 Å². The maximum atomic E-state index is 9.94. The number of thiophene rings is 1. The van der Waals surface area contributed by atoms with Crippen LogP contribution in [-0.2, 0) is 0 Å². The van der Waals surface area contributed by atoms with E-state index in [-0.39, 0.29) is 0 Å². The molecule has 0 aliphatic carbocycles. The number of nitrogens with zero attached hydrogens (tertiary/aromatic N) is 4. The van der Waals surface area contributed by atoms with E-state index in [4.69, 9.17) is 0 Å². The van der Waals surface area contributed by atoms with Crippen molar-refractivity contribution in [1.82, 2.24) is 4.57 Å². The Morgan fingerprint density at radius 2 is 1.16 bits per heavy atom. The summed E-state index contributed by atoms with van der Waals surface area (Å²) >= 11 is 1.78. The molecule has 0 fully saturated rings. The van der Waals surface area contributed by atoms with Crippen molar-refractivity contribution in [1.29, 1.82) is 15.8 Å². The summed E-state index contributed by atoms with van der Waals surface area (Å²) < 4.78 is 4.59. The van der Waals surface area contributed by atoms with Gasteiger partial charge in [-0.05, 0) is 83.9 Å². The van der Waals surface area contributed by atoms with E-state index in [1.807, 2.05) is 36.4 Å². The van der Waals surface area contributed by atoms with Crippen molar-refractivity contribution in [3.63, 3.8) is 0 Å². The van der Waals surface area contributed by atoms with Gasteiger partial charge in [0.2, 0.25) is 0 Å². The summed E-state index contributed by atoms with van der Waals surface area (Å²) in [6.45, 7) is 0. The molecule has 0 unspecified atom stereocenters. The van der Waals surface area contributed by atoms with Gasteiger partial charge in [0, 0.05) is 36.6 Å². The zero-order chi connectivity index (χ0) is 25.8. The van der Waals surface area contributed by atoms with Crippen LogP contribution in [0.4, 0.5) is 0 Å². The van der Waals surface area contributed by atoms with Gasteiger partial charge in [-0.15, -0.1) is 11.3 Å². The summed E-state index contributed by atoms with van der Waals surface area (Å²) in [6.07, 6.45) is 0. The van der Waals surface area contributed by atoms with E-state index in [2.05, 4.69) is 71.3 Å². The highest BCUT2D eigenvalue weighted by atomic mass is 32.1. The molecule has 0 spiro atoms. The molecule has 0 amide bonds. The third-order valence-electron chi connectivity index (χ3n) is 7.04. The summed E-state index contributed by atoms with van der Waals surface area (Å²) in [5, 5.41) is 33.2. The molecule has 5 heteroatoms. The minimum absolute atomic E-state index is 0.557. The molecule has 0 aliphatic rings. The van der Waals surface area contributed by atoms with Crippen LogP contribution >= 0.6 is 11.3 Å². The van der Waals surface area contributed by atoms with Gasteiger partial charge >= 0.3 is 0 Å².